The van der Waals surface area contributed by atoms with Crippen LogP contribution in [0.2, 0.25) is 0 Å². The molecule has 0 bridgehead atoms. The zero-order chi connectivity index (χ0) is 17.3. The van der Waals surface area contributed by atoms with Crippen LogP contribution in [0.1, 0.15) is 24.0 Å². The maximum atomic E-state index is 12.1. The van der Waals surface area contributed by atoms with Gasteiger partial charge in [-0.25, -0.2) is 0 Å². The zero-order valence-corrected chi connectivity index (χ0v) is 14.5. The summed E-state index contributed by atoms with van der Waals surface area (Å²) in [5.41, 5.74) is 2.37. The molecule has 0 atom stereocenters. The topological polar surface area (TPSA) is 50.4 Å². The molecule has 0 saturated carbocycles. The van der Waals surface area contributed by atoms with Crippen LogP contribution >= 0.6 is 0 Å². The lowest BCUT2D eigenvalue weighted by molar-refractivity contribution is -0.125. The van der Waals surface area contributed by atoms with E-state index in [-0.39, 0.29) is 11.8 Å². The number of hydrogen-bond acceptors (Lipinski definition) is 3. The van der Waals surface area contributed by atoms with Crippen molar-refractivity contribution in [2.45, 2.75) is 25.9 Å². The number of benzene rings is 2. The first-order valence-electron chi connectivity index (χ1n) is 9.05. The normalized spacial score (nSPS) is 14.9. The van der Waals surface area contributed by atoms with Gasteiger partial charge < -0.3 is 15.4 Å². The van der Waals surface area contributed by atoms with Crippen LogP contribution in [0.5, 0.6) is 5.75 Å². The van der Waals surface area contributed by atoms with Gasteiger partial charge in [0.2, 0.25) is 5.91 Å². The van der Waals surface area contributed by atoms with Crippen LogP contribution in [0.4, 0.5) is 0 Å². The van der Waals surface area contributed by atoms with E-state index in [1.165, 1.54) is 5.56 Å². The van der Waals surface area contributed by atoms with Crippen molar-refractivity contribution in [3.05, 3.63) is 65.7 Å². The highest BCUT2D eigenvalue weighted by Gasteiger charge is 2.20. The Morgan fingerprint density at radius 1 is 1.00 bits per heavy atom. The molecule has 0 unspecified atom stereocenters. The maximum Gasteiger partial charge on any atom is 0.223 e. The Morgan fingerprint density at radius 2 is 1.72 bits per heavy atom. The second-order valence-electron chi connectivity index (χ2n) is 6.48. The number of piperidine rings is 1. The lowest BCUT2D eigenvalue weighted by atomic mass is 9.97. The first-order valence-corrected chi connectivity index (χ1v) is 9.05. The molecule has 4 nitrogen and oxygen atoms in total. The van der Waals surface area contributed by atoms with E-state index in [0.29, 0.717) is 13.2 Å². The summed E-state index contributed by atoms with van der Waals surface area (Å²) < 4.78 is 5.79. The first-order chi connectivity index (χ1) is 12.3. The molecule has 3 rings (SSSR count). The first kappa shape index (κ1) is 17.5. The molecule has 0 spiro atoms. The van der Waals surface area contributed by atoms with Crippen LogP contribution < -0.4 is 15.4 Å². The van der Waals surface area contributed by atoms with Crippen molar-refractivity contribution in [3.63, 3.8) is 0 Å². The third-order valence-corrected chi connectivity index (χ3v) is 4.59. The fourth-order valence-corrected chi connectivity index (χ4v) is 3.05. The van der Waals surface area contributed by atoms with E-state index in [2.05, 4.69) is 34.9 Å². The minimum atomic E-state index is 0.176. The molecule has 1 aliphatic rings. The van der Waals surface area contributed by atoms with Gasteiger partial charge in [0, 0.05) is 12.5 Å². The van der Waals surface area contributed by atoms with Crippen molar-refractivity contribution in [1.29, 1.82) is 0 Å². The van der Waals surface area contributed by atoms with Crippen LogP contribution in [0.3, 0.4) is 0 Å². The van der Waals surface area contributed by atoms with E-state index in [9.17, 15) is 4.79 Å². The van der Waals surface area contributed by atoms with E-state index in [1.54, 1.807) is 0 Å². The van der Waals surface area contributed by atoms with Gasteiger partial charge in [-0.15, -0.1) is 0 Å². The van der Waals surface area contributed by atoms with Crippen LogP contribution in [0, 0.1) is 5.92 Å². The van der Waals surface area contributed by atoms with Crippen molar-refractivity contribution in [1.82, 2.24) is 10.6 Å². The highest BCUT2D eigenvalue weighted by atomic mass is 16.5. The van der Waals surface area contributed by atoms with E-state index in [1.807, 2.05) is 30.3 Å². The molecular weight excluding hydrogens is 312 g/mol. The van der Waals surface area contributed by atoms with Gasteiger partial charge in [-0.3, -0.25) is 4.79 Å². The van der Waals surface area contributed by atoms with Gasteiger partial charge in [0.1, 0.15) is 12.4 Å². The third-order valence-electron chi connectivity index (χ3n) is 4.59. The third kappa shape index (κ3) is 5.61. The Hall–Kier alpha value is -2.33. The second kappa shape index (κ2) is 9.23. The van der Waals surface area contributed by atoms with Gasteiger partial charge in [0.15, 0.2) is 0 Å². The lowest BCUT2D eigenvalue weighted by Crippen LogP contribution is -2.38. The molecule has 1 aliphatic heterocycles. The van der Waals surface area contributed by atoms with Crippen molar-refractivity contribution >= 4 is 5.91 Å². The molecule has 2 N–H and O–H groups in total. The number of carbonyl (C=O) groups is 1. The summed E-state index contributed by atoms with van der Waals surface area (Å²) in [5.74, 6) is 1.24. The predicted octanol–water partition coefficient (Wildman–Crippen LogP) is 2.92. The van der Waals surface area contributed by atoms with Gasteiger partial charge in [-0.2, -0.15) is 0 Å². The summed E-state index contributed by atoms with van der Waals surface area (Å²) in [6, 6.07) is 18.3. The molecular formula is C21H26N2O2. The van der Waals surface area contributed by atoms with Crippen molar-refractivity contribution in [2.24, 2.45) is 5.92 Å². The highest BCUT2D eigenvalue weighted by Crippen LogP contribution is 2.15. The average molecular weight is 338 g/mol. The molecule has 1 saturated heterocycles. The van der Waals surface area contributed by atoms with Crippen molar-refractivity contribution in [2.75, 3.05) is 19.6 Å². The van der Waals surface area contributed by atoms with Gasteiger partial charge >= 0.3 is 0 Å². The Labute approximate surface area is 149 Å². The Morgan fingerprint density at radius 3 is 2.44 bits per heavy atom. The molecule has 1 heterocycles. The molecule has 0 radical (unpaired) electrons. The molecule has 2 aromatic carbocycles. The maximum absolute atomic E-state index is 12.1. The number of rotatable bonds is 7. The Kier molecular flexibility index (Phi) is 6.46. The van der Waals surface area contributed by atoms with Crippen molar-refractivity contribution in [3.8, 4) is 5.75 Å². The molecule has 25 heavy (non-hydrogen) atoms. The molecule has 1 fully saturated rings. The van der Waals surface area contributed by atoms with Gasteiger partial charge in [0.05, 0.1) is 0 Å². The smallest absolute Gasteiger partial charge is 0.223 e. The summed E-state index contributed by atoms with van der Waals surface area (Å²) in [5, 5.41) is 6.35. The monoisotopic (exact) mass is 338 g/mol. The lowest BCUT2D eigenvalue weighted by Gasteiger charge is -2.21. The quantitative estimate of drug-likeness (QED) is 0.816. The molecule has 4 heteroatoms. The fraction of sp³-hybridized carbons (Fsp3) is 0.381. The standard InChI is InChI=1S/C21H26N2O2/c24-21(19-11-13-22-14-12-19)23-15-10-17-6-8-20(9-7-17)25-16-18-4-2-1-3-5-18/h1-9,19,22H,10-16H2,(H,23,24). The summed E-state index contributed by atoms with van der Waals surface area (Å²) in [6.07, 6.45) is 2.73. The van der Waals surface area contributed by atoms with Crippen molar-refractivity contribution < 1.29 is 9.53 Å². The summed E-state index contributed by atoms with van der Waals surface area (Å²) in [6.45, 7) is 3.16. The van der Waals surface area contributed by atoms with Crippen LogP contribution in [-0.2, 0) is 17.8 Å². The predicted molar refractivity (Wildman–Crippen MR) is 99.5 cm³/mol. The van der Waals surface area contributed by atoms with E-state index >= 15 is 0 Å². The minimum absolute atomic E-state index is 0.176. The largest absolute Gasteiger partial charge is 0.489 e. The number of hydrogen-bond donors (Lipinski definition) is 2. The second-order valence-corrected chi connectivity index (χ2v) is 6.48. The average Bonchev–Trinajstić information content (AvgIpc) is 2.69. The van der Waals surface area contributed by atoms with Gasteiger partial charge in [-0.1, -0.05) is 42.5 Å². The highest BCUT2D eigenvalue weighted by molar-refractivity contribution is 5.78. The van der Waals surface area contributed by atoms with Gasteiger partial charge in [-0.05, 0) is 55.6 Å². The number of nitrogens with one attached hydrogen (secondary N) is 2. The summed E-state index contributed by atoms with van der Waals surface area (Å²) in [4.78, 5) is 12.1. The minimum Gasteiger partial charge on any atom is -0.489 e. The molecule has 1 amide bonds. The van der Waals surface area contributed by atoms with Crippen LogP contribution in [0.25, 0.3) is 0 Å². The Balaban J connectivity index is 1.39. The van der Waals surface area contributed by atoms with Crippen LogP contribution in [-0.4, -0.2) is 25.5 Å². The van der Waals surface area contributed by atoms with E-state index in [4.69, 9.17) is 4.74 Å². The molecule has 0 aromatic heterocycles. The summed E-state index contributed by atoms with van der Waals surface area (Å²) >= 11 is 0. The summed E-state index contributed by atoms with van der Waals surface area (Å²) in [7, 11) is 0. The molecule has 0 aliphatic carbocycles. The SMILES string of the molecule is O=C(NCCc1ccc(OCc2ccccc2)cc1)C1CCNCC1. The van der Waals surface area contributed by atoms with Crippen LogP contribution in [0.15, 0.2) is 54.6 Å². The van der Waals surface area contributed by atoms with Gasteiger partial charge in [0.25, 0.3) is 0 Å². The number of amides is 1. The van der Waals surface area contributed by atoms with E-state index < -0.39 is 0 Å². The number of carbonyl (C=O) groups excluding carboxylic acids is 1. The van der Waals surface area contributed by atoms with E-state index in [0.717, 1.165) is 43.7 Å². The zero-order valence-electron chi connectivity index (χ0n) is 14.5. The fourth-order valence-electron chi connectivity index (χ4n) is 3.05. The molecule has 132 valence electrons. The number of ether oxygens (including phenoxy) is 1. The Bertz CT molecular complexity index is 649. The molecule has 2 aromatic rings.